The summed E-state index contributed by atoms with van der Waals surface area (Å²) in [4.78, 5) is 14.5. The molecule has 0 aromatic carbocycles. The molecule has 2 fully saturated rings. The summed E-state index contributed by atoms with van der Waals surface area (Å²) >= 11 is 0. The van der Waals surface area contributed by atoms with Crippen molar-refractivity contribution in [2.75, 3.05) is 20.1 Å². The Kier molecular flexibility index (Phi) is 2.42. The summed E-state index contributed by atoms with van der Waals surface area (Å²) in [6.45, 7) is 3.15. The minimum Gasteiger partial charge on any atom is -0.347 e. The van der Waals surface area contributed by atoms with E-state index in [-0.39, 0.29) is 5.91 Å². The molecule has 1 aromatic heterocycles. The van der Waals surface area contributed by atoms with E-state index in [0.717, 1.165) is 44.7 Å². The Hall–Kier alpha value is -1.43. The average molecular weight is 261 g/mol. The second-order valence-electron chi connectivity index (χ2n) is 6.24. The molecule has 1 saturated carbocycles. The number of nitrogens with one attached hydrogen (secondary N) is 1. The van der Waals surface area contributed by atoms with Gasteiger partial charge >= 0.3 is 0 Å². The first-order chi connectivity index (χ1) is 9.20. The molecule has 1 aromatic rings. The molecule has 1 N–H and O–H groups in total. The molecule has 1 aliphatic carbocycles. The molecule has 3 heterocycles. The Morgan fingerprint density at radius 2 is 2.00 bits per heavy atom. The van der Waals surface area contributed by atoms with E-state index in [9.17, 15) is 4.79 Å². The SMILES string of the molecule is CN1C[C@@H]2Cn3c(nnc3C(=O)NC3CC3)C[C@H]2C1. The number of carbonyl (C=O) groups is 1. The van der Waals surface area contributed by atoms with Crippen LogP contribution in [-0.2, 0) is 13.0 Å². The molecule has 0 spiro atoms. The number of nitrogens with zero attached hydrogens (tertiary/aromatic N) is 4. The number of carbonyl (C=O) groups excluding carboxylic acids is 1. The van der Waals surface area contributed by atoms with Gasteiger partial charge in [0.1, 0.15) is 5.82 Å². The van der Waals surface area contributed by atoms with Gasteiger partial charge in [0.2, 0.25) is 5.82 Å². The molecular formula is C13H19N5O. The lowest BCUT2D eigenvalue weighted by Gasteiger charge is -2.25. The normalized spacial score (nSPS) is 29.9. The lowest BCUT2D eigenvalue weighted by Crippen LogP contribution is -2.33. The molecule has 6 nitrogen and oxygen atoms in total. The zero-order valence-corrected chi connectivity index (χ0v) is 11.2. The van der Waals surface area contributed by atoms with Gasteiger partial charge in [0, 0.05) is 32.1 Å². The van der Waals surface area contributed by atoms with Crippen molar-refractivity contribution in [3.63, 3.8) is 0 Å². The Balaban J connectivity index is 1.58. The fourth-order valence-electron chi connectivity index (χ4n) is 3.40. The fourth-order valence-corrected chi connectivity index (χ4v) is 3.40. The van der Waals surface area contributed by atoms with Gasteiger partial charge < -0.3 is 14.8 Å². The number of likely N-dealkylation sites (tertiary alicyclic amines) is 1. The second-order valence-corrected chi connectivity index (χ2v) is 6.24. The van der Waals surface area contributed by atoms with Crippen LogP contribution >= 0.6 is 0 Å². The van der Waals surface area contributed by atoms with Crippen LogP contribution in [0.1, 0.15) is 29.3 Å². The van der Waals surface area contributed by atoms with Gasteiger partial charge in [-0.25, -0.2) is 0 Å². The number of hydrogen-bond acceptors (Lipinski definition) is 4. The van der Waals surface area contributed by atoms with E-state index in [1.54, 1.807) is 0 Å². The summed E-state index contributed by atoms with van der Waals surface area (Å²) in [6.07, 6.45) is 3.16. The molecule has 2 atom stereocenters. The van der Waals surface area contributed by atoms with Gasteiger partial charge in [0.05, 0.1) is 0 Å². The Morgan fingerprint density at radius 1 is 1.21 bits per heavy atom. The highest BCUT2D eigenvalue weighted by molar-refractivity contribution is 5.91. The molecule has 19 heavy (non-hydrogen) atoms. The summed E-state index contributed by atoms with van der Waals surface area (Å²) in [5.41, 5.74) is 0. The summed E-state index contributed by atoms with van der Waals surface area (Å²) in [7, 11) is 2.17. The van der Waals surface area contributed by atoms with Crippen LogP contribution in [0.25, 0.3) is 0 Å². The van der Waals surface area contributed by atoms with Crippen molar-refractivity contribution in [1.29, 1.82) is 0 Å². The van der Waals surface area contributed by atoms with Crippen LogP contribution in [0.4, 0.5) is 0 Å². The van der Waals surface area contributed by atoms with Crippen molar-refractivity contribution in [2.45, 2.75) is 31.8 Å². The third-order valence-corrected chi connectivity index (χ3v) is 4.56. The predicted octanol–water partition coefficient (Wildman–Crippen LogP) is -0.0958. The standard InChI is InChI=1S/C13H19N5O/c1-17-5-8-4-11-15-16-12(13(19)14-10-2-3-10)18(11)7-9(8)6-17/h8-10H,2-7H2,1H3,(H,14,19)/t8-,9+/m0/s1. The van der Waals surface area contributed by atoms with Crippen molar-refractivity contribution in [1.82, 2.24) is 25.0 Å². The lowest BCUT2D eigenvalue weighted by atomic mass is 9.89. The van der Waals surface area contributed by atoms with Crippen LogP contribution in [0.3, 0.4) is 0 Å². The number of hydrogen-bond donors (Lipinski definition) is 1. The fraction of sp³-hybridized carbons (Fsp3) is 0.769. The third-order valence-electron chi connectivity index (χ3n) is 4.56. The lowest BCUT2D eigenvalue weighted by molar-refractivity contribution is 0.0932. The maximum atomic E-state index is 12.1. The van der Waals surface area contributed by atoms with Crippen LogP contribution in [-0.4, -0.2) is 51.8 Å². The van der Waals surface area contributed by atoms with E-state index in [1.165, 1.54) is 0 Å². The molecule has 0 radical (unpaired) electrons. The van der Waals surface area contributed by atoms with Gasteiger partial charge in [-0.15, -0.1) is 10.2 Å². The minimum absolute atomic E-state index is 0.0500. The highest BCUT2D eigenvalue weighted by Crippen LogP contribution is 2.31. The van der Waals surface area contributed by atoms with Gasteiger partial charge in [-0.1, -0.05) is 0 Å². The van der Waals surface area contributed by atoms with Crippen LogP contribution in [0.15, 0.2) is 0 Å². The van der Waals surface area contributed by atoms with E-state index in [4.69, 9.17) is 0 Å². The topological polar surface area (TPSA) is 63.1 Å². The van der Waals surface area contributed by atoms with Crippen molar-refractivity contribution in [2.24, 2.45) is 11.8 Å². The van der Waals surface area contributed by atoms with Crippen LogP contribution < -0.4 is 5.32 Å². The largest absolute Gasteiger partial charge is 0.347 e. The molecule has 0 bridgehead atoms. The van der Waals surface area contributed by atoms with Crippen molar-refractivity contribution in [3.05, 3.63) is 11.6 Å². The minimum atomic E-state index is -0.0500. The zero-order chi connectivity index (χ0) is 13.0. The highest BCUT2D eigenvalue weighted by Gasteiger charge is 2.38. The molecule has 0 unspecified atom stereocenters. The Morgan fingerprint density at radius 3 is 2.79 bits per heavy atom. The van der Waals surface area contributed by atoms with Gasteiger partial charge in [-0.3, -0.25) is 4.79 Å². The monoisotopic (exact) mass is 261 g/mol. The zero-order valence-electron chi connectivity index (χ0n) is 11.2. The molecule has 4 rings (SSSR count). The number of fused-ring (bicyclic) bond motifs is 2. The van der Waals surface area contributed by atoms with E-state index >= 15 is 0 Å². The average Bonchev–Trinajstić information content (AvgIpc) is 2.96. The van der Waals surface area contributed by atoms with Crippen LogP contribution in [0, 0.1) is 11.8 Å². The molecular weight excluding hydrogens is 242 g/mol. The molecule has 102 valence electrons. The molecule has 6 heteroatoms. The van der Waals surface area contributed by atoms with Gasteiger partial charge in [0.15, 0.2) is 0 Å². The van der Waals surface area contributed by atoms with E-state index in [1.807, 2.05) is 4.57 Å². The first-order valence-electron chi connectivity index (χ1n) is 7.12. The van der Waals surface area contributed by atoms with Gasteiger partial charge in [0.25, 0.3) is 5.91 Å². The second kappa shape index (κ2) is 4.03. The maximum absolute atomic E-state index is 12.1. The first kappa shape index (κ1) is 11.4. The van der Waals surface area contributed by atoms with Gasteiger partial charge in [-0.05, 0) is 31.7 Å². The quantitative estimate of drug-likeness (QED) is 0.808. The maximum Gasteiger partial charge on any atom is 0.289 e. The van der Waals surface area contributed by atoms with Crippen LogP contribution in [0.2, 0.25) is 0 Å². The summed E-state index contributed by atoms with van der Waals surface area (Å²) < 4.78 is 2.04. The Bertz CT molecular complexity index is 521. The number of rotatable bonds is 2. The predicted molar refractivity (Wildman–Crippen MR) is 68.7 cm³/mol. The summed E-state index contributed by atoms with van der Waals surface area (Å²) in [5.74, 6) is 2.76. The molecule has 2 aliphatic heterocycles. The number of amides is 1. The van der Waals surface area contributed by atoms with Crippen molar-refractivity contribution < 1.29 is 4.79 Å². The molecule has 1 amide bonds. The van der Waals surface area contributed by atoms with E-state index in [2.05, 4.69) is 27.5 Å². The smallest absolute Gasteiger partial charge is 0.289 e. The van der Waals surface area contributed by atoms with E-state index < -0.39 is 0 Å². The first-order valence-corrected chi connectivity index (χ1v) is 7.12. The van der Waals surface area contributed by atoms with Crippen molar-refractivity contribution >= 4 is 5.91 Å². The van der Waals surface area contributed by atoms with Crippen LogP contribution in [0.5, 0.6) is 0 Å². The Labute approximate surface area is 112 Å². The van der Waals surface area contributed by atoms with Crippen molar-refractivity contribution in [3.8, 4) is 0 Å². The molecule has 1 saturated heterocycles. The number of aromatic nitrogens is 3. The molecule has 3 aliphatic rings. The third kappa shape index (κ3) is 1.94. The summed E-state index contributed by atoms with van der Waals surface area (Å²) in [6, 6.07) is 0.370. The highest BCUT2D eigenvalue weighted by atomic mass is 16.2. The van der Waals surface area contributed by atoms with E-state index in [0.29, 0.717) is 23.7 Å². The summed E-state index contributed by atoms with van der Waals surface area (Å²) in [5, 5.41) is 11.3. The van der Waals surface area contributed by atoms with Gasteiger partial charge in [-0.2, -0.15) is 0 Å².